The van der Waals surface area contributed by atoms with E-state index in [0.717, 1.165) is 13.1 Å². The number of piperidine rings is 1. The zero-order valence-electron chi connectivity index (χ0n) is 12.9. The number of carbonyl (C=O) groups is 1. The van der Waals surface area contributed by atoms with E-state index in [-0.39, 0.29) is 5.91 Å². The van der Waals surface area contributed by atoms with E-state index in [2.05, 4.69) is 10.2 Å². The maximum absolute atomic E-state index is 11.0. The predicted octanol–water partition coefficient (Wildman–Crippen LogP) is 1.74. The van der Waals surface area contributed by atoms with Gasteiger partial charge in [0.15, 0.2) is 0 Å². The molecule has 1 aliphatic carbocycles. The molecule has 3 N–H and O–H groups in total. The highest BCUT2D eigenvalue weighted by atomic mass is 16.1. The molecule has 4 heteroatoms. The number of hydrogen-bond acceptors (Lipinski definition) is 3. The summed E-state index contributed by atoms with van der Waals surface area (Å²) in [6, 6.07) is 0.712. The zero-order valence-corrected chi connectivity index (χ0v) is 12.9. The second kappa shape index (κ2) is 7.99. The fourth-order valence-corrected chi connectivity index (χ4v) is 3.90. The van der Waals surface area contributed by atoms with Gasteiger partial charge in [0.25, 0.3) is 0 Å². The number of carbonyl (C=O) groups excluding carboxylic acids is 1. The molecule has 0 radical (unpaired) electrons. The molecule has 1 heterocycles. The minimum absolute atomic E-state index is 0.0967. The lowest BCUT2D eigenvalue weighted by molar-refractivity contribution is -0.119. The molecule has 1 saturated carbocycles. The Morgan fingerprint density at radius 2 is 1.85 bits per heavy atom. The van der Waals surface area contributed by atoms with Gasteiger partial charge in [-0.2, -0.15) is 0 Å². The van der Waals surface area contributed by atoms with Crippen LogP contribution in [0.1, 0.15) is 51.9 Å². The number of hydrogen-bond donors (Lipinski definition) is 2. The van der Waals surface area contributed by atoms with E-state index < -0.39 is 0 Å². The molecule has 0 aromatic carbocycles. The summed E-state index contributed by atoms with van der Waals surface area (Å²) in [6.45, 7) is 5.67. The molecular weight excluding hydrogens is 250 g/mol. The van der Waals surface area contributed by atoms with E-state index in [4.69, 9.17) is 5.73 Å². The van der Waals surface area contributed by atoms with Crippen LogP contribution >= 0.6 is 0 Å². The summed E-state index contributed by atoms with van der Waals surface area (Å²) >= 11 is 0. The van der Waals surface area contributed by atoms with Gasteiger partial charge < -0.3 is 16.0 Å². The van der Waals surface area contributed by atoms with Crippen molar-refractivity contribution in [3.63, 3.8) is 0 Å². The Morgan fingerprint density at radius 3 is 2.50 bits per heavy atom. The smallest absolute Gasteiger partial charge is 0.216 e. The van der Waals surface area contributed by atoms with Crippen molar-refractivity contribution in [2.45, 2.75) is 57.9 Å². The standard InChI is InChI=1S/C16H31N3O/c1-13(20)18-12-14-7-9-19(10-8-14)16-6-4-2-3-5-15(16)11-17/h14-16H,2-12,17H2,1H3,(H,18,20). The molecule has 4 nitrogen and oxygen atoms in total. The van der Waals surface area contributed by atoms with E-state index in [0.29, 0.717) is 17.9 Å². The number of rotatable bonds is 4. The highest BCUT2D eigenvalue weighted by Crippen LogP contribution is 2.29. The van der Waals surface area contributed by atoms with Gasteiger partial charge in [-0.05, 0) is 57.2 Å². The van der Waals surface area contributed by atoms with Crippen LogP contribution in [0.3, 0.4) is 0 Å². The SMILES string of the molecule is CC(=O)NCC1CCN(C2CCCCCC2CN)CC1. The van der Waals surface area contributed by atoms with E-state index in [1.165, 1.54) is 58.0 Å². The second-order valence-corrected chi connectivity index (χ2v) is 6.62. The molecule has 1 aliphatic heterocycles. The van der Waals surface area contributed by atoms with Gasteiger partial charge in [0.2, 0.25) is 5.91 Å². The summed E-state index contributed by atoms with van der Waals surface area (Å²) in [5.74, 6) is 1.46. The van der Waals surface area contributed by atoms with Crippen LogP contribution in [0.5, 0.6) is 0 Å². The molecule has 0 aromatic rings. The van der Waals surface area contributed by atoms with Crippen LogP contribution < -0.4 is 11.1 Å². The third-order valence-corrected chi connectivity index (χ3v) is 5.18. The first-order chi connectivity index (χ1) is 9.70. The monoisotopic (exact) mass is 281 g/mol. The van der Waals surface area contributed by atoms with Crippen LogP contribution in [0.25, 0.3) is 0 Å². The Balaban J connectivity index is 1.80. The Kier molecular flexibility index (Phi) is 6.30. The molecule has 2 atom stereocenters. The summed E-state index contributed by atoms with van der Waals surface area (Å²) in [5.41, 5.74) is 6.00. The van der Waals surface area contributed by atoms with Crippen LogP contribution in [0.4, 0.5) is 0 Å². The van der Waals surface area contributed by atoms with Crippen molar-refractivity contribution in [2.75, 3.05) is 26.2 Å². The molecule has 2 aliphatic rings. The number of nitrogens with one attached hydrogen (secondary N) is 1. The van der Waals surface area contributed by atoms with Crippen molar-refractivity contribution < 1.29 is 4.79 Å². The number of likely N-dealkylation sites (tertiary alicyclic amines) is 1. The normalized spacial score (nSPS) is 29.9. The molecule has 116 valence electrons. The summed E-state index contributed by atoms with van der Waals surface area (Å²) in [4.78, 5) is 13.7. The minimum atomic E-state index is 0.0967. The quantitative estimate of drug-likeness (QED) is 0.772. The van der Waals surface area contributed by atoms with Crippen LogP contribution in [0.15, 0.2) is 0 Å². The molecule has 0 aromatic heterocycles. The molecule has 2 fully saturated rings. The number of nitrogens with two attached hydrogens (primary N) is 1. The molecule has 20 heavy (non-hydrogen) atoms. The van der Waals surface area contributed by atoms with Crippen LogP contribution in [0, 0.1) is 11.8 Å². The Morgan fingerprint density at radius 1 is 1.15 bits per heavy atom. The molecule has 1 saturated heterocycles. The highest BCUT2D eigenvalue weighted by molar-refractivity contribution is 5.72. The lowest BCUT2D eigenvalue weighted by atomic mass is 9.89. The maximum atomic E-state index is 11.0. The fraction of sp³-hybridized carbons (Fsp3) is 0.938. The average Bonchev–Trinajstić information content (AvgIpc) is 2.70. The van der Waals surface area contributed by atoms with Crippen molar-refractivity contribution in [1.82, 2.24) is 10.2 Å². The van der Waals surface area contributed by atoms with E-state index in [1.54, 1.807) is 6.92 Å². The first-order valence-electron chi connectivity index (χ1n) is 8.39. The van der Waals surface area contributed by atoms with E-state index in [1.807, 2.05) is 0 Å². The van der Waals surface area contributed by atoms with Crippen molar-refractivity contribution >= 4 is 5.91 Å². The molecule has 0 spiro atoms. The van der Waals surface area contributed by atoms with Crippen LogP contribution in [0.2, 0.25) is 0 Å². The van der Waals surface area contributed by atoms with Gasteiger partial charge in [-0.1, -0.05) is 19.3 Å². The van der Waals surface area contributed by atoms with Gasteiger partial charge in [0.1, 0.15) is 0 Å². The number of nitrogens with zero attached hydrogens (tertiary/aromatic N) is 1. The van der Waals surface area contributed by atoms with Gasteiger partial charge in [-0.25, -0.2) is 0 Å². The van der Waals surface area contributed by atoms with Crippen molar-refractivity contribution in [3.05, 3.63) is 0 Å². The Labute approximate surface area is 123 Å². The molecular formula is C16H31N3O. The molecule has 0 bridgehead atoms. The Hall–Kier alpha value is -0.610. The zero-order chi connectivity index (χ0) is 14.4. The third kappa shape index (κ3) is 4.45. The van der Waals surface area contributed by atoms with Crippen molar-refractivity contribution in [1.29, 1.82) is 0 Å². The molecule has 2 unspecified atom stereocenters. The van der Waals surface area contributed by atoms with Crippen molar-refractivity contribution in [2.24, 2.45) is 17.6 Å². The topological polar surface area (TPSA) is 58.4 Å². The minimum Gasteiger partial charge on any atom is -0.356 e. The first kappa shape index (κ1) is 15.8. The van der Waals surface area contributed by atoms with Gasteiger partial charge in [-0.3, -0.25) is 4.79 Å². The maximum Gasteiger partial charge on any atom is 0.216 e. The van der Waals surface area contributed by atoms with Crippen LogP contribution in [-0.4, -0.2) is 43.0 Å². The summed E-state index contributed by atoms with van der Waals surface area (Å²) in [7, 11) is 0. The predicted molar refractivity (Wildman–Crippen MR) is 82.4 cm³/mol. The first-order valence-corrected chi connectivity index (χ1v) is 8.39. The summed E-state index contributed by atoms with van der Waals surface area (Å²) < 4.78 is 0. The summed E-state index contributed by atoms with van der Waals surface area (Å²) in [5, 5.41) is 2.96. The van der Waals surface area contributed by atoms with E-state index >= 15 is 0 Å². The van der Waals surface area contributed by atoms with E-state index in [9.17, 15) is 4.79 Å². The van der Waals surface area contributed by atoms with Gasteiger partial charge in [-0.15, -0.1) is 0 Å². The van der Waals surface area contributed by atoms with Gasteiger partial charge in [0.05, 0.1) is 0 Å². The lowest BCUT2D eigenvalue weighted by Crippen LogP contribution is -2.47. The highest BCUT2D eigenvalue weighted by Gasteiger charge is 2.30. The lowest BCUT2D eigenvalue weighted by Gasteiger charge is -2.40. The fourth-order valence-electron chi connectivity index (χ4n) is 3.90. The number of amides is 1. The van der Waals surface area contributed by atoms with Gasteiger partial charge in [0, 0.05) is 19.5 Å². The van der Waals surface area contributed by atoms with Crippen LogP contribution in [-0.2, 0) is 4.79 Å². The Bertz CT molecular complexity index is 300. The largest absolute Gasteiger partial charge is 0.356 e. The third-order valence-electron chi connectivity index (χ3n) is 5.18. The average molecular weight is 281 g/mol. The van der Waals surface area contributed by atoms with Crippen molar-refractivity contribution in [3.8, 4) is 0 Å². The molecule has 2 rings (SSSR count). The second-order valence-electron chi connectivity index (χ2n) is 6.62. The summed E-state index contributed by atoms with van der Waals surface area (Å²) in [6.07, 6.45) is 9.18. The molecule has 1 amide bonds. The van der Waals surface area contributed by atoms with Gasteiger partial charge >= 0.3 is 0 Å².